The van der Waals surface area contributed by atoms with Crippen LogP contribution < -0.4 is 4.74 Å². The van der Waals surface area contributed by atoms with Crippen LogP contribution in [0.15, 0.2) is 29.9 Å². The van der Waals surface area contributed by atoms with Crippen molar-refractivity contribution in [2.24, 2.45) is 0 Å². The first-order chi connectivity index (χ1) is 11.3. The number of methoxy groups -OCH3 is 1. The summed E-state index contributed by atoms with van der Waals surface area (Å²) in [6.07, 6.45) is 8.67. The second-order valence-electron chi connectivity index (χ2n) is 5.88. The lowest BCUT2D eigenvalue weighted by Crippen LogP contribution is -2.04. The average molecular weight is 323 g/mol. The fourth-order valence-electron chi connectivity index (χ4n) is 3.59. The van der Waals surface area contributed by atoms with Crippen molar-refractivity contribution in [1.82, 2.24) is 9.55 Å². The Hall–Kier alpha value is -2.32. The van der Waals surface area contributed by atoms with Crippen molar-refractivity contribution in [2.45, 2.75) is 31.7 Å². The third kappa shape index (κ3) is 2.22. The molecule has 3 heterocycles. The Labute approximate surface area is 139 Å². The number of fused-ring (bicyclic) bond motifs is 1. The van der Waals surface area contributed by atoms with Gasteiger partial charge in [-0.05, 0) is 24.3 Å². The first-order valence-corrected chi connectivity index (χ1v) is 8.73. The SMILES string of the molecule is COc1ncc(C#N)c2c1c(-c1cccs1)cn2C1CCCC1. The average Bonchev–Trinajstić information content (AvgIpc) is 3.31. The first kappa shape index (κ1) is 14.3. The monoisotopic (exact) mass is 323 g/mol. The van der Waals surface area contributed by atoms with Crippen molar-refractivity contribution in [3.05, 3.63) is 35.5 Å². The Kier molecular flexibility index (Phi) is 3.55. The Balaban J connectivity index is 2.08. The lowest BCUT2D eigenvalue weighted by atomic mass is 10.1. The van der Waals surface area contributed by atoms with E-state index in [0.717, 1.165) is 16.5 Å². The molecule has 116 valence electrons. The number of hydrogen-bond donors (Lipinski definition) is 0. The Bertz CT molecular complexity index is 883. The summed E-state index contributed by atoms with van der Waals surface area (Å²) < 4.78 is 7.80. The highest BCUT2D eigenvalue weighted by atomic mass is 32.1. The third-order valence-electron chi connectivity index (χ3n) is 4.63. The van der Waals surface area contributed by atoms with Crippen molar-refractivity contribution in [2.75, 3.05) is 7.11 Å². The molecule has 1 aliphatic carbocycles. The number of aromatic nitrogens is 2. The zero-order valence-corrected chi connectivity index (χ0v) is 13.8. The van der Waals surface area contributed by atoms with Gasteiger partial charge in [0.05, 0.1) is 29.8 Å². The summed E-state index contributed by atoms with van der Waals surface area (Å²) >= 11 is 1.70. The molecule has 1 fully saturated rings. The van der Waals surface area contributed by atoms with Gasteiger partial charge in [-0.25, -0.2) is 4.98 Å². The lowest BCUT2D eigenvalue weighted by Gasteiger charge is -2.14. The molecule has 0 spiro atoms. The molecule has 3 aromatic rings. The van der Waals surface area contributed by atoms with E-state index in [1.165, 1.54) is 30.6 Å². The van der Waals surface area contributed by atoms with E-state index in [-0.39, 0.29) is 0 Å². The van der Waals surface area contributed by atoms with E-state index < -0.39 is 0 Å². The van der Waals surface area contributed by atoms with Crippen LogP contribution in [-0.2, 0) is 0 Å². The number of hydrogen-bond acceptors (Lipinski definition) is 4. The Morgan fingerprint density at radius 3 is 2.87 bits per heavy atom. The van der Waals surface area contributed by atoms with Gasteiger partial charge in [0.15, 0.2) is 0 Å². The van der Waals surface area contributed by atoms with Crippen LogP contribution in [0.2, 0.25) is 0 Å². The Morgan fingerprint density at radius 1 is 1.39 bits per heavy atom. The molecular formula is C18H17N3OS. The largest absolute Gasteiger partial charge is 0.480 e. The lowest BCUT2D eigenvalue weighted by molar-refractivity contribution is 0.403. The standard InChI is InChI=1S/C18H17N3OS/c1-22-18-16-14(15-7-4-8-23-15)11-21(13-5-2-3-6-13)17(16)12(9-19)10-20-18/h4,7-8,10-11,13H,2-3,5-6H2,1H3. The van der Waals surface area contributed by atoms with Gasteiger partial charge in [-0.1, -0.05) is 18.9 Å². The number of nitriles is 1. The summed E-state index contributed by atoms with van der Waals surface area (Å²) in [5.41, 5.74) is 2.70. The van der Waals surface area contributed by atoms with Crippen molar-refractivity contribution in [3.63, 3.8) is 0 Å². The van der Waals surface area contributed by atoms with E-state index in [0.29, 0.717) is 17.5 Å². The van der Waals surface area contributed by atoms with Gasteiger partial charge in [0.1, 0.15) is 6.07 Å². The minimum absolute atomic E-state index is 0.463. The van der Waals surface area contributed by atoms with Gasteiger partial charge in [-0.15, -0.1) is 11.3 Å². The van der Waals surface area contributed by atoms with Crippen LogP contribution >= 0.6 is 11.3 Å². The summed E-state index contributed by atoms with van der Waals surface area (Å²) in [7, 11) is 1.64. The van der Waals surface area contributed by atoms with Crippen molar-refractivity contribution in [1.29, 1.82) is 5.26 Å². The number of nitrogens with zero attached hydrogens (tertiary/aromatic N) is 3. The van der Waals surface area contributed by atoms with Gasteiger partial charge in [0.2, 0.25) is 5.88 Å². The van der Waals surface area contributed by atoms with E-state index in [1.807, 2.05) is 6.07 Å². The predicted octanol–water partition coefficient (Wildman–Crippen LogP) is 4.76. The van der Waals surface area contributed by atoms with Crippen LogP contribution in [0.4, 0.5) is 0 Å². The van der Waals surface area contributed by atoms with Crippen LogP contribution in [0, 0.1) is 11.3 Å². The van der Waals surface area contributed by atoms with Crippen molar-refractivity contribution >= 4 is 22.2 Å². The van der Waals surface area contributed by atoms with Gasteiger partial charge in [0, 0.05) is 22.7 Å². The quantitative estimate of drug-likeness (QED) is 0.698. The van der Waals surface area contributed by atoms with Gasteiger partial charge in [-0.2, -0.15) is 5.26 Å². The van der Waals surface area contributed by atoms with Crippen LogP contribution in [0.3, 0.4) is 0 Å². The van der Waals surface area contributed by atoms with E-state index in [2.05, 4.69) is 33.3 Å². The topological polar surface area (TPSA) is 50.8 Å². The van der Waals surface area contributed by atoms with Gasteiger partial charge in [0.25, 0.3) is 0 Å². The Morgan fingerprint density at radius 2 is 2.22 bits per heavy atom. The molecule has 0 N–H and O–H groups in total. The molecular weight excluding hydrogens is 306 g/mol. The predicted molar refractivity (Wildman–Crippen MR) is 91.8 cm³/mol. The van der Waals surface area contributed by atoms with Crippen molar-refractivity contribution in [3.8, 4) is 22.4 Å². The number of pyridine rings is 1. The molecule has 0 saturated heterocycles. The highest BCUT2D eigenvalue weighted by Crippen LogP contribution is 2.42. The third-order valence-corrected chi connectivity index (χ3v) is 5.53. The molecule has 4 nitrogen and oxygen atoms in total. The first-order valence-electron chi connectivity index (χ1n) is 7.85. The van der Waals surface area contributed by atoms with E-state index >= 15 is 0 Å². The minimum Gasteiger partial charge on any atom is -0.480 e. The molecule has 0 aliphatic heterocycles. The maximum atomic E-state index is 9.56. The molecule has 0 radical (unpaired) electrons. The molecule has 3 aromatic heterocycles. The zero-order valence-electron chi connectivity index (χ0n) is 13.0. The molecule has 0 bridgehead atoms. The molecule has 23 heavy (non-hydrogen) atoms. The van der Waals surface area contributed by atoms with E-state index in [1.54, 1.807) is 24.6 Å². The second-order valence-corrected chi connectivity index (χ2v) is 6.83. The molecule has 0 unspecified atom stereocenters. The van der Waals surface area contributed by atoms with Gasteiger partial charge in [-0.3, -0.25) is 0 Å². The van der Waals surface area contributed by atoms with Crippen molar-refractivity contribution < 1.29 is 4.74 Å². The highest BCUT2D eigenvalue weighted by Gasteiger charge is 2.25. The van der Waals surface area contributed by atoms with Crippen LogP contribution in [-0.4, -0.2) is 16.7 Å². The second kappa shape index (κ2) is 5.71. The molecule has 0 atom stereocenters. The minimum atomic E-state index is 0.463. The molecule has 4 rings (SSSR count). The summed E-state index contributed by atoms with van der Waals surface area (Å²) in [6, 6.07) is 6.93. The van der Waals surface area contributed by atoms with E-state index in [9.17, 15) is 5.26 Å². The normalized spacial score (nSPS) is 15.1. The fraction of sp³-hybridized carbons (Fsp3) is 0.333. The smallest absolute Gasteiger partial charge is 0.223 e. The summed E-state index contributed by atoms with van der Waals surface area (Å²) in [6.45, 7) is 0. The van der Waals surface area contributed by atoms with Crippen LogP contribution in [0.5, 0.6) is 5.88 Å². The summed E-state index contributed by atoms with van der Waals surface area (Å²) in [5.74, 6) is 0.596. The molecule has 1 aliphatic rings. The van der Waals surface area contributed by atoms with Crippen LogP contribution in [0.25, 0.3) is 21.3 Å². The maximum Gasteiger partial charge on any atom is 0.223 e. The zero-order chi connectivity index (χ0) is 15.8. The molecule has 1 saturated carbocycles. The number of ether oxygens (including phenoxy) is 1. The molecule has 0 amide bonds. The van der Waals surface area contributed by atoms with Gasteiger partial charge < -0.3 is 9.30 Å². The molecule has 0 aromatic carbocycles. The summed E-state index contributed by atoms with van der Waals surface area (Å²) in [4.78, 5) is 5.54. The van der Waals surface area contributed by atoms with E-state index in [4.69, 9.17) is 4.74 Å². The number of thiophene rings is 1. The van der Waals surface area contributed by atoms with Crippen LogP contribution in [0.1, 0.15) is 37.3 Å². The number of rotatable bonds is 3. The maximum absolute atomic E-state index is 9.56. The summed E-state index contributed by atoms with van der Waals surface area (Å²) in [5, 5.41) is 12.6. The molecule has 5 heteroatoms. The fourth-order valence-corrected chi connectivity index (χ4v) is 4.33. The van der Waals surface area contributed by atoms with Gasteiger partial charge >= 0.3 is 0 Å². The highest BCUT2D eigenvalue weighted by molar-refractivity contribution is 7.13.